The van der Waals surface area contributed by atoms with Crippen LogP contribution in [0.2, 0.25) is 0 Å². The highest BCUT2D eigenvalue weighted by Gasteiger charge is 2.39. The van der Waals surface area contributed by atoms with Crippen molar-refractivity contribution in [3.05, 3.63) is 0 Å². The summed E-state index contributed by atoms with van der Waals surface area (Å²) >= 11 is 0. The third kappa shape index (κ3) is 3.46. The maximum atomic E-state index is 9.85. The zero-order valence-corrected chi connectivity index (χ0v) is 12.0. The van der Waals surface area contributed by atoms with Crippen LogP contribution in [-0.4, -0.2) is 36.0 Å². The first-order valence-electron chi connectivity index (χ1n) is 7.65. The van der Waals surface area contributed by atoms with Crippen LogP contribution in [0.25, 0.3) is 0 Å². The van der Waals surface area contributed by atoms with E-state index in [-0.39, 0.29) is 12.1 Å². The van der Waals surface area contributed by atoms with Crippen LogP contribution in [0.3, 0.4) is 0 Å². The predicted molar refractivity (Wildman–Crippen MR) is 73.6 cm³/mol. The second-order valence-corrected chi connectivity index (χ2v) is 6.53. The summed E-state index contributed by atoms with van der Waals surface area (Å²) in [5.74, 6) is 0.532. The van der Waals surface area contributed by atoms with Crippen LogP contribution in [0.15, 0.2) is 0 Å². The van der Waals surface area contributed by atoms with Crippen molar-refractivity contribution < 1.29 is 9.84 Å². The van der Waals surface area contributed by atoms with Gasteiger partial charge in [-0.25, -0.2) is 0 Å². The van der Waals surface area contributed by atoms with Crippen molar-refractivity contribution in [1.29, 1.82) is 0 Å². The van der Waals surface area contributed by atoms with Crippen LogP contribution < -0.4 is 5.32 Å². The molecular formula is C15H29NO2. The summed E-state index contributed by atoms with van der Waals surface area (Å²) in [4.78, 5) is 0. The fourth-order valence-electron chi connectivity index (χ4n) is 3.38. The number of nitrogens with one attached hydrogen (secondary N) is 1. The Balaban J connectivity index is 1.95. The topological polar surface area (TPSA) is 41.5 Å². The molecule has 1 saturated carbocycles. The maximum absolute atomic E-state index is 9.85. The van der Waals surface area contributed by atoms with Crippen LogP contribution in [-0.2, 0) is 4.74 Å². The Bertz CT molecular complexity index is 251. The van der Waals surface area contributed by atoms with Gasteiger partial charge in [0, 0.05) is 18.2 Å². The Morgan fingerprint density at radius 3 is 2.61 bits per heavy atom. The van der Waals surface area contributed by atoms with Crippen LogP contribution in [0.1, 0.15) is 58.8 Å². The molecule has 0 bridgehead atoms. The molecule has 2 rings (SSSR count). The van der Waals surface area contributed by atoms with Gasteiger partial charge in [-0.05, 0) is 31.6 Å². The molecule has 3 nitrogen and oxygen atoms in total. The molecular weight excluding hydrogens is 226 g/mol. The molecule has 106 valence electrons. The summed E-state index contributed by atoms with van der Waals surface area (Å²) in [5, 5.41) is 13.6. The van der Waals surface area contributed by atoms with Crippen LogP contribution in [0, 0.1) is 5.92 Å². The molecule has 0 aromatic carbocycles. The van der Waals surface area contributed by atoms with Gasteiger partial charge in [0.2, 0.25) is 0 Å². The summed E-state index contributed by atoms with van der Waals surface area (Å²) in [5.41, 5.74) is -0.0881. The third-order valence-electron chi connectivity index (χ3n) is 4.67. The smallest absolute Gasteiger partial charge is 0.0616 e. The van der Waals surface area contributed by atoms with E-state index >= 15 is 0 Å². The molecule has 0 spiro atoms. The maximum Gasteiger partial charge on any atom is 0.0616 e. The second-order valence-electron chi connectivity index (χ2n) is 6.53. The van der Waals surface area contributed by atoms with E-state index in [0.717, 1.165) is 19.4 Å². The lowest BCUT2D eigenvalue weighted by atomic mass is 9.82. The molecule has 3 heteroatoms. The van der Waals surface area contributed by atoms with Gasteiger partial charge in [-0.1, -0.05) is 33.1 Å². The van der Waals surface area contributed by atoms with Crippen molar-refractivity contribution in [2.75, 3.05) is 13.2 Å². The molecule has 2 fully saturated rings. The molecule has 0 amide bonds. The van der Waals surface area contributed by atoms with Gasteiger partial charge in [0.15, 0.2) is 0 Å². The zero-order valence-electron chi connectivity index (χ0n) is 12.0. The van der Waals surface area contributed by atoms with Crippen molar-refractivity contribution in [2.45, 2.75) is 76.5 Å². The minimum absolute atomic E-state index is 0.0881. The predicted octanol–water partition coefficient (Wildman–Crippen LogP) is 2.47. The number of aliphatic hydroxyl groups is 1. The first-order chi connectivity index (χ1) is 8.65. The first-order valence-corrected chi connectivity index (χ1v) is 7.65. The molecule has 0 radical (unpaired) electrons. The van der Waals surface area contributed by atoms with Crippen LogP contribution in [0.5, 0.6) is 0 Å². The van der Waals surface area contributed by atoms with E-state index in [2.05, 4.69) is 19.2 Å². The Labute approximate surface area is 111 Å². The second kappa shape index (κ2) is 6.36. The summed E-state index contributed by atoms with van der Waals surface area (Å²) in [6.07, 6.45) is 8.79. The average Bonchev–Trinajstić information content (AvgIpc) is 2.40. The average molecular weight is 255 g/mol. The number of hydrogen-bond donors (Lipinski definition) is 2. The molecule has 0 aromatic heterocycles. The van der Waals surface area contributed by atoms with E-state index in [4.69, 9.17) is 4.74 Å². The van der Waals surface area contributed by atoms with Gasteiger partial charge in [-0.2, -0.15) is 0 Å². The van der Waals surface area contributed by atoms with Gasteiger partial charge in [-0.3, -0.25) is 0 Å². The Hall–Kier alpha value is -0.120. The highest BCUT2D eigenvalue weighted by Crippen LogP contribution is 2.30. The van der Waals surface area contributed by atoms with E-state index in [1.807, 2.05) is 0 Å². The summed E-state index contributed by atoms with van der Waals surface area (Å²) in [6, 6.07) is 0.608. The van der Waals surface area contributed by atoms with Gasteiger partial charge < -0.3 is 15.2 Å². The fourth-order valence-corrected chi connectivity index (χ4v) is 3.38. The van der Waals surface area contributed by atoms with Gasteiger partial charge in [-0.15, -0.1) is 0 Å². The SMILES string of the molecule is CC(C)C1CC(CO)(NC2CCCCC2)CCO1. The van der Waals surface area contributed by atoms with E-state index < -0.39 is 0 Å². The molecule has 0 aromatic rings. The Kier molecular flexibility index (Phi) is 5.05. The van der Waals surface area contributed by atoms with E-state index in [0.29, 0.717) is 18.1 Å². The van der Waals surface area contributed by atoms with Crippen molar-refractivity contribution in [3.63, 3.8) is 0 Å². The monoisotopic (exact) mass is 255 g/mol. The van der Waals surface area contributed by atoms with Gasteiger partial charge in [0.05, 0.1) is 12.7 Å². The Morgan fingerprint density at radius 1 is 1.28 bits per heavy atom. The molecule has 2 unspecified atom stereocenters. The lowest BCUT2D eigenvalue weighted by Crippen LogP contribution is -2.58. The highest BCUT2D eigenvalue weighted by molar-refractivity contribution is 4.96. The molecule has 1 aliphatic carbocycles. The standard InChI is InChI=1S/C15H29NO2/c1-12(2)14-10-15(11-17,8-9-18-14)16-13-6-4-3-5-7-13/h12-14,16-17H,3-11H2,1-2H3. The van der Waals surface area contributed by atoms with Gasteiger partial charge in [0.25, 0.3) is 0 Å². The summed E-state index contributed by atoms with van der Waals surface area (Å²) in [7, 11) is 0. The number of ether oxygens (including phenoxy) is 1. The molecule has 2 N–H and O–H groups in total. The van der Waals surface area contributed by atoms with Gasteiger partial charge >= 0.3 is 0 Å². The molecule has 1 heterocycles. The lowest BCUT2D eigenvalue weighted by molar-refractivity contribution is -0.0683. The largest absolute Gasteiger partial charge is 0.394 e. The van der Waals surface area contributed by atoms with Crippen LogP contribution >= 0.6 is 0 Å². The lowest BCUT2D eigenvalue weighted by Gasteiger charge is -2.44. The van der Waals surface area contributed by atoms with Crippen LogP contribution in [0.4, 0.5) is 0 Å². The number of rotatable bonds is 4. The summed E-state index contributed by atoms with van der Waals surface area (Å²) < 4.78 is 5.83. The van der Waals surface area contributed by atoms with Crippen molar-refractivity contribution in [3.8, 4) is 0 Å². The Morgan fingerprint density at radius 2 is 2.00 bits per heavy atom. The fraction of sp³-hybridized carbons (Fsp3) is 1.00. The molecule has 2 atom stereocenters. The molecule has 2 aliphatic rings. The molecule has 18 heavy (non-hydrogen) atoms. The molecule has 1 saturated heterocycles. The van der Waals surface area contributed by atoms with Crippen molar-refractivity contribution >= 4 is 0 Å². The highest BCUT2D eigenvalue weighted by atomic mass is 16.5. The third-order valence-corrected chi connectivity index (χ3v) is 4.67. The minimum atomic E-state index is -0.0881. The minimum Gasteiger partial charge on any atom is -0.394 e. The summed E-state index contributed by atoms with van der Waals surface area (Å²) in [6.45, 7) is 5.44. The van der Waals surface area contributed by atoms with Gasteiger partial charge in [0.1, 0.15) is 0 Å². The number of hydrogen-bond acceptors (Lipinski definition) is 3. The zero-order chi connectivity index (χ0) is 13.0. The van der Waals surface area contributed by atoms with Crippen molar-refractivity contribution in [1.82, 2.24) is 5.32 Å². The normalized spacial score (nSPS) is 35.0. The first kappa shape index (κ1) is 14.3. The van der Waals surface area contributed by atoms with E-state index in [1.165, 1.54) is 32.1 Å². The van der Waals surface area contributed by atoms with Crippen molar-refractivity contribution in [2.24, 2.45) is 5.92 Å². The quantitative estimate of drug-likeness (QED) is 0.811. The van der Waals surface area contributed by atoms with E-state index in [1.54, 1.807) is 0 Å². The molecule has 1 aliphatic heterocycles. The van der Waals surface area contributed by atoms with E-state index in [9.17, 15) is 5.11 Å². The number of aliphatic hydroxyl groups excluding tert-OH is 1.